The molecule has 2 aromatic carbocycles. The molecule has 2 rings (SSSR count). The van der Waals surface area contributed by atoms with E-state index in [4.69, 9.17) is 11.6 Å². The Kier molecular flexibility index (Phi) is 5.11. The Bertz CT molecular complexity index is 611. The van der Waals surface area contributed by atoms with Gasteiger partial charge >= 0.3 is 0 Å². The Balaban J connectivity index is 2.50. The summed E-state index contributed by atoms with van der Waals surface area (Å²) in [4.78, 5) is 0. The summed E-state index contributed by atoms with van der Waals surface area (Å²) in [6.07, 6.45) is 0. The van der Waals surface area contributed by atoms with Crippen molar-refractivity contribution in [2.45, 2.75) is 51.8 Å². The zero-order valence-corrected chi connectivity index (χ0v) is 14.4. The van der Waals surface area contributed by atoms with Gasteiger partial charge in [-0.2, -0.15) is 0 Å². The molecule has 0 N–H and O–H groups in total. The van der Waals surface area contributed by atoms with Gasteiger partial charge < -0.3 is 0 Å². The van der Waals surface area contributed by atoms with Crippen molar-refractivity contribution >= 4 is 11.6 Å². The summed E-state index contributed by atoms with van der Waals surface area (Å²) in [6, 6.07) is 15.2. The summed E-state index contributed by atoms with van der Waals surface area (Å²) in [6.45, 7) is 11.1. The summed E-state index contributed by atoms with van der Waals surface area (Å²) in [5.74, 6) is 1.02. The van der Waals surface area contributed by atoms with E-state index in [2.05, 4.69) is 77.1 Å². The first-order valence-electron chi connectivity index (χ1n) is 7.75. The normalized spacial score (nSPS) is 13.0. The Labute approximate surface area is 134 Å². The van der Waals surface area contributed by atoms with Gasteiger partial charge in [-0.15, -0.1) is 11.6 Å². The van der Waals surface area contributed by atoms with Crippen LogP contribution in [0.15, 0.2) is 42.5 Å². The van der Waals surface area contributed by atoms with Crippen LogP contribution in [0.3, 0.4) is 0 Å². The third-order valence-electron chi connectivity index (χ3n) is 4.13. The molecule has 0 saturated heterocycles. The fraction of sp³-hybridized carbons (Fsp3) is 0.400. The average Bonchev–Trinajstić information content (AvgIpc) is 2.46. The van der Waals surface area contributed by atoms with Crippen LogP contribution in [0.2, 0.25) is 0 Å². The van der Waals surface area contributed by atoms with Crippen LogP contribution in [0.25, 0.3) is 0 Å². The molecule has 0 fully saturated rings. The van der Waals surface area contributed by atoms with Crippen molar-refractivity contribution < 1.29 is 0 Å². The molecule has 0 aromatic heterocycles. The summed E-state index contributed by atoms with van der Waals surface area (Å²) < 4.78 is 0. The van der Waals surface area contributed by atoms with E-state index in [1.165, 1.54) is 27.8 Å². The van der Waals surface area contributed by atoms with E-state index in [0.29, 0.717) is 11.8 Å². The van der Waals surface area contributed by atoms with Crippen LogP contribution in [-0.2, 0) is 0 Å². The molecule has 0 spiro atoms. The van der Waals surface area contributed by atoms with E-state index in [1.807, 2.05) is 0 Å². The standard InChI is InChI=1S/C20H25Cl/c1-13(2)16-10-11-18(19(12-16)14(3)4)20(21)17-9-7-6-8-15(17)5/h6-14,20H,1-5H3. The number of hydrogen-bond acceptors (Lipinski definition) is 0. The molecule has 1 heteroatoms. The van der Waals surface area contributed by atoms with Crippen molar-refractivity contribution in [3.8, 4) is 0 Å². The molecule has 0 aliphatic carbocycles. The van der Waals surface area contributed by atoms with Crippen molar-refractivity contribution in [2.24, 2.45) is 0 Å². The molecule has 21 heavy (non-hydrogen) atoms. The molecule has 0 aliphatic heterocycles. The van der Waals surface area contributed by atoms with Gasteiger partial charge in [0.05, 0.1) is 5.38 Å². The molecule has 0 amide bonds. The first-order valence-corrected chi connectivity index (χ1v) is 8.18. The second-order valence-electron chi connectivity index (χ2n) is 6.42. The van der Waals surface area contributed by atoms with Crippen LogP contribution < -0.4 is 0 Å². The Morgan fingerprint density at radius 2 is 1.43 bits per heavy atom. The minimum atomic E-state index is -0.0789. The number of rotatable bonds is 4. The molecule has 0 saturated carbocycles. The quantitative estimate of drug-likeness (QED) is 0.560. The van der Waals surface area contributed by atoms with Crippen LogP contribution in [0.5, 0.6) is 0 Å². The lowest BCUT2D eigenvalue weighted by Gasteiger charge is -2.21. The molecule has 1 atom stereocenters. The average molecular weight is 301 g/mol. The van der Waals surface area contributed by atoms with Gasteiger partial charge in [0.25, 0.3) is 0 Å². The van der Waals surface area contributed by atoms with Crippen LogP contribution in [0.4, 0.5) is 0 Å². The van der Waals surface area contributed by atoms with Gasteiger partial charge in [0.15, 0.2) is 0 Å². The summed E-state index contributed by atoms with van der Waals surface area (Å²) in [7, 11) is 0. The second-order valence-corrected chi connectivity index (χ2v) is 6.85. The van der Waals surface area contributed by atoms with Crippen LogP contribution in [0, 0.1) is 6.92 Å². The Hall–Kier alpha value is -1.27. The second kappa shape index (κ2) is 6.66. The fourth-order valence-corrected chi connectivity index (χ4v) is 3.17. The molecule has 2 aromatic rings. The van der Waals surface area contributed by atoms with Gasteiger partial charge in [-0.1, -0.05) is 70.2 Å². The first-order chi connectivity index (χ1) is 9.91. The maximum Gasteiger partial charge on any atom is 0.0840 e. The lowest BCUT2D eigenvalue weighted by molar-refractivity contribution is 0.818. The first kappa shape index (κ1) is 16.1. The van der Waals surface area contributed by atoms with Gasteiger partial charge in [-0.3, -0.25) is 0 Å². The molecule has 0 radical (unpaired) electrons. The van der Waals surface area contributed by atoms with Gasteiger partial charge in [0, 0.05) is 0 Å². The van der Waals surface area contributed by atoms with Crippen LogP contribution in [0.1, 0.15) is 72.7 Å². The predicted molar refractivity (Wildman–Crippen MR) is 93.5 cm³/mol. The molecule has 0 aliphatic rings. The zero-order chi connectivity index (χ0) is 15.6. The van der Waals surface area contributed by atoms with E-state index in [0.717, 1.165) is 0 Å². The van der Waals surface area contributed by atoms with E-state index in [1.54, 1.807) is 0 Å². The smallest absolute Gasteiger partial charge is 0.0840 e. The monoisotopic (exact) mass is 300 g/mol. The topological polar surface area (TPSA) is 0 Å². The van der Waals surface area contributed by atoms with Gasteiger partial charge in [0.2, 0.25) is 0 Å². The molecule has 0 heterocycles. The highest BCUT2D eigenvalue weighted by atomic mass is 35.5. The van der Waals surface area contributed by atoms with Crippen LogP contribution in [-0.4, -0.2) is 0 Å². The minimum absolute atomic E-state index is 0.0789. The number of halogens is 1. The van der Waals surface area contributed by atoms with Crippen LogP contribution >= 0.6 is 11.6 Å². The SMILES string of the molecule is Cc1ccccc1C(Cl)c1ccc(C(C)C)cc1C(C)C. The summed E-state index contributed by atoms with van der Waals surface area (Å²) >= 11 is 6.82. The van der Waals surface area contributed by atoms with Gasteiger partial charge in [0.1, 0.15) is 0 Å². The molecular weight excluding hydrogens is 276 g/mol. The third kappa shape index (κ3) is 3.49. The van der Waals surface area contributed by atoms with E-state index < -0.39 is 0 Å². The molecule has 1 unspecified atom stereocenters. The van der Waals surface area contributed by atoms with Crippen molar-refractivity contribution in [3.63, 3.8) is 0 Å². The maximum absolute atomic E-state index is 6.82. The predicted octanol–water partition coefficient (Wildman–Crippen LogP) is 6.57. The van der Waals surface area contributed by atoms with Crippen molar-refractivity contribution in [3.05, 3.63) is 70.3 Å². The van der Waals surface area contributed by atoms with Crippen molar-refractivity contribution in [1.29, 1.82) is 0 Å². The largest absolute Gasteiger partial charge is 0.113 e. The lowest BCUT2D eigenvalue weighted by atomic mass is 9.88. The maximum atomic E-state index is 6.82. The van der Waals surface area contributed by atoms with Crippen molar-refractivity contribution in [1.82, 2.24) is 0 Å². The summed E-state index contributed by atoms with van der Waals surface area (Å²) in [5, 5.41) is -0.0789. The molecule has 0 bridgehead atoms. The fourth-order valence-electron chi connectivity index (χ4n) is 2.72. The van der Waals surface area contributed by atoms with E-state index >= 15 is 0 Å². The lowest BCUT2D eigenvalue weighted by Crippen LogP contribution is -2.04. The molecule has 112 valence electrons. The minimum Gasteiger partial charge on any atom is -0.113 e. The Morgan fingerprint density at radius 1 is 0.762 bits per heavy atom. The molecule has 0 nitrogen and oxygen atoms in total. The number of aryl methyl sites for hydroxylation is 1. The number of hydrogen-bond donors (Lipinski definition) is 0. The summed E-state index contributed by atoms with van der Waals surface area (Å²) in [5.41, 5.74) is 6.45. The highest BCUT2D eigenvalue weighted by molar-refractivity contribution is 6.22. The third-order valence-corrected chi connectivity index (χ3v) is 4.60. The highest BCUT2D eigenvalue weighted by Crippen LogP contribution is 2.36. The van der Waals surface area contributed by atoms with Gasteiger partial charge in [-0.05, 0) is 46.6 Å². The highest BCUT2D eigenvalue weighted by Gasteiger charge is 2.18. The number of benzene rings is 2. The van der Waals surface area contributed by atoms with E-state index in [9.17, 15) is 0 Å². The van der Waals surface area contributed by atoms with Gasteiger partial charge in [-0.25, -0.2) is 0 Å². The molecular formula is C20H25Cl. The van der Waals surface area contributed by atoms with E-state index in [-0.39, 0.29) is 5.38 Å². The number of alkyl halides is 1. The zero-order valence-electron chi connectivity index (χ0n) is 13.7. The Morgan fingerprint density at radius 3 is 2.00 bits per heavy atom. The van der Waals surface area contributed by atoms with Crippen molar-refractivity contribution in [2.75, 3.05) is 0 Å².